The second-order valence-corrected chi connectivity index (χ2v) is 16.4. The summed E-state index contributed by atoms with van der Waals surface area (Å²) in [5, 5.41) is 50.4. The molecule has 0 amide bonds. The molecule has 0 radical (unpaired) electrons. The van der Waals surface area contributed by atoms with Gasteiger partial charge in [-0.2, -0.15) is 0 Å². The molecule has 0 aliphatic carbocycles. The Morgan fingerprint density at radius 2 is 0.911 bits per heavy atom. The van der Waals surface area contributed by atoms with Crippen molar-refractivity contribution in [2.75, 3.05) is 4.90 Å². The molecular weight excluding hydrogens is 594 g/mol. The molecule has 45 heavy (non-hydrogen) atoms. The molecule has 0 aliphatic heterocycles. The van der Waals surface area contributed by atoms with E-state index in [4.69, 9.17) is 0 Å². The van der Waals surface area contributed by atoms with Gasteiger partial charge in [0.05, 0.1) is 0 Å². The summed E-state index contributed by atoms with van der Waals surface area (Å²) in [6, 6.07) is 14.9. The topological polar surface area (TPSA) is 95.5 Å². The number of rotatable bonds is 5. The summed E-state index contributed by atoms with van der Waals surface area (Å²) in [5.74, 6) is -0.140. The maximum absolute atomic E-state index is 13.9. The smallest absolute Gasteiger partial charge is 0.872 e. The van der Waals surface area contributed by atoms with Gasteiger partial charge in [-0.25, -0.2) is 0 Å². The van der Waals surface area contributed by atoms with Crippen LogP contribution < -0.4 is 25.3 Å². The minimum atomic E-state index is -0.417. The van der Waals surface area contributed by atoms with Gasteiger partial charge in [0, 0.05) is 18.8 Å². The average molecular weight is 650 g/mol. The van der Waals surface area contributed by atoms with Crippen molar-refractivity contribution in [3.8, 4) is 17.2 Å². The van der Waals surface area contributed by atoms with E-state index in [1.807, 2.05) is 35.2 Å². The SMILES string of the molecule is CC(C)(C)c1cc(CN(Cc2cc(C(C)(C)C)cc(C(C)(C)C)c2[O-])c2ccccc2[O-])c([O-])c(C(C)(C)C)c1.CC(C)[O-].[Ti+4]. The van der Waals surface area contributed by atoms with Crippen LogP contribution >= 0.6 is 0 Å². The third kappa shape index (κ3) is 11.1. The van der Waals surface area contributed by atoms with Crippen molar-refractivity contribution in [1.29, 1.82) is 0 Å². The van der Waals surface area contributed by atoms with E-state index in [-0.39, 0.29) is 73.7 Å². The second-order valence-electron chi connectivity index (χ2n) is 16.4. The predicted octanol–water partition coefficient (Wildman–Crippen LogP) is 7.06. The number of para-hydroxylation sites is 2. The summed E-state index contributed by atoms with van der Waals surface area (Å²) in [4.78, 5) is 1.91. The van der Waals surface area contributed by atoms with Crippen LogP contribution in [0.25, 0.3) is 0 Å². The first-order chi connectivity index (χ1) is 19.8. The van der Waals surface area contributed by atoms with Crippen LogP contribution in [0.15, 0.2) is 48.5 Å². The zero-order valence-corrected chi connectivity index (χ0v) is 31.8. The predicted molar refractivity (Wildman–Crippen MR) is 177 cm³/mol. The van der Waals surface area contributed by atoms with Crippen LogP contribution in [0.5, 0.6) is 17.2 Å². The monoisotopic (exact) mass is 649 g/mol. The summed E-state index contributed by atoms with van der Waals surface area (Å²) in [5.41, 5.74) is 4.46. The summed E-state index contributed by atoms with van der Waals surface area (Å²) >= 11 is 0. The molecule has 0 N–H and O–H groups in total. The van der Waals surface area contributed by atoms with Gasteiger partial charge in [0.15, 0.2) is 0 Å². The number of hydrogen-bond acceptors (Lipinski definition) is 5. The van der Waals surface area contributed by atoms with Crippen LogP contribution in [0.4, 0.5) is 5.69 Å². The normalized spacial score (nSPS) is 12.4. The van der Waals surface area contributed by atoms with Gasteiger partial charge < -0.3 is 25.3 Å². The number of hydrogen-bond donors (Lipinski definition) is 0. The Balaban J connectivity index is 0.00000191. The average Bonchev–Trinajstić information content (AvgIpc) is 2.83. The largest absolute Gasteiger partial charge is 4.00 e. The fourth-order valence-electron chi connectivity index (χ4n) is 4.95. The van der Waals surface area contributed by atoms with Crippen LogP contribution in [0.3, 0.4) is 0 Å². The fourth-order valence-corrected chi connectivity index (χ4v) is 4.95. The molecule has 0 aliphatic rings. The van der Waals surface area contributed by atoms with Crippen LogP contribution in [-0.4, -0.2) is 6.10 Å². The van der Waals surface area contributed by atoms with E-state index >= 15 is 0 Å². The first-order valence-electron chi connectivity index (χ1n) is 15.7. The Hall–Kier alpha value is -2.47. The Kier molecular flexibility index (Phi) is 13.5. The molecule has 3 aromatic carbocycles. The minimum absolute atomic E-state index is 0. The van der Waals surface area contributed by atoms with E-state index in [1.54, 1.807) is 26.0 Å². The van der Waals surface area contributed by atoms with Gasteiger partial charge in [0.25, 0.3) is 0 Å². The van der Waals surface area contributed by atoms with E-state index in [0.717, 1.165) is 22.3 Å². The molecule has 0 atom stereocenters. The van der Waals surface area contributed by atoms with Gasteiger partial charge in [0.1, 0.15) is 0 Å². The van der Waals surface area contributed by atoms with Crippen LogP contribution in [0, 0.1) is 0 Å². The number of anilines is 1. The Bertz CT molecular complexity index is 1330. The molecule has 0 unspecified atom stereocenters. The first kappa shape index (κ1) is 40.6. The van der Waals surface area contributed by atoms with Crippen LogP contribution in [-0.2, 0) is 56.5 Å². The molecule has 5 nitrogen and oxygen atoms in total. The van der Waals surface area contributed by atoms with Gasteiger partial charge in [0.2, 0.25) is 0 Å². The van der Waals surface area contributed by atoms with Gasteiger partial charge >= 0.3 is 21.7 Å². The maximum Gasteiger partial charge on any atom is 4.00 e. The summed E-state index contributed by atoms with van der Waals surface area (Å²) < 4.78 is 0. The van der Waals surface area contributed by atoms with E-state index in [0.29, 0.717) is 16.8 Å². The van der Waals surface area contributed by atoms with Gasteiger partial charge in [-0.1, -0.05) is 145 Å². The van der Waals surface area contributed by atoms with Crippen molar-refractivity contribution in [3.63, 3.8) is 0 Å². The number of benzene rings is 3. The quantitative estimate of drug-likeness (QED) is 0.276. The van der Waals surface area contributed by atoms with Gasteiger partial charge in [-0.15, -0.1) is 17.6 Å². The molecule has 0 fully saturated rings. The van der Waals surface area contributed by atoms with E-state index in [9.17, 15) is 20.4 Å². The third-order valence-electron chi connectivity index (χ3n) is 7.61. The molecule has 0 bridgehead atoms. The molecule has 0 heterocycles. The van der Waals surface area contributed by atoms with Crippen molar-refractivity contribution in [3.05, 3.63) is 81.9 Å². The zero-order valence-electron chi connectivity index (χ0n) is 30.2. The second kappa shape index (κ2) is 15.0. The molecule has 0 aromatic heterocycles. The molecule has 3 rings (SSSR count). The number of nitrogens with zero attached hydrogens (tertiary/aromatic N) is 1. The van der Waals surface area contributed by atoms with Crippen molar-refractivity contribution in [1.82, 2.24) is 0 Å². The first-order valence-corrected chi connectivity index (χ1v) is 15.7. The Morgan fingerprint density at radius 3 is 1.20 bits per heavy atom. The van der Waals surface area contributed by atoms with E-state index in [1.165, 1.54) is 6.07 Å². The zero-order chi connectivity index (χ0) is 34.0. The maximum atomic E-state index is 13.9. The Labute approximate surface area is 288 Å². The molecule has 0 spiro atoms. The fraction of sp³-hybridized carbons (Fsp3) is 0.538. The summed E-state index contributed by atoms with van der Waals surface area (Å²) in [7, 11) is 0. The van der Waals surface area contributed by atoms with Gasteiger partial charge in [-0.3, -0.25) is 0 Å². The van der Waals surface area contributed by atoms with Crippen molar-refractivity contribution in [2.24, 2.45) is 0 Å². The van der Waals surface area contributed by atoms with Crippen molar-refractivity contribution in [2.45, 2.75) is 138 Å². The molecule has 0 saturated carbocycles. The molecule has 0 saturated heterocycles. The van der Waals surface area contributed by atoms with Crippen molar-refractivity contribution >= 4 is 5.69 Å². The van der Waals surface area contributed by atoms with E-state index < -0.39 is 6.10 Å². The van der Waals surface area contributed by atoms with Gasteiger partial charge in [-0.05, 0) is 61.1 Å². The minimum Gasteiger partial charge on any atom is -0.872 e. The summed E-state index contributed by atoms with van der Waals surface area (Å²) in [6.07, 6.45) is -0.417. The molecule has 6 heteroatoms. The molecule has 3 aromatic rings. The molecular formula is C39H55NO4Ti. The Morgan fingerprint density at radius 1 is 0.578 bits per heavy atom. The van der Waals surface area contributed by atoms with Crippen LogP contribution in [0.1, 0.15) is 130 Å². The van der Waals surface area contributed by atoms with Crippen LogP contribution in [0.2, 0.25) is 0 Å². The summed E-state index contributed by atoms with van der Waals surface area (Å²) in [6.45, 7) is 28.9. The standard InChI is InChI=1S/C36H51NO3.C3H7O.Ti/c1-33(2,3)25-17-23(31(39)27(19-25)35(7,8)9)21-37(29-15-13-14-16-30(29)38)22-24-18-26(34(4,5)6)20-28(32(24)40)36(10,11)12;1-3(2)4;/h13-20,38-40H,21-22H2,1-12H3;3H,1-2H3;/q;-1;+4/p-3. The molecule has 244 valence electrons. The third-order valence-corrected chi connectivity index (χ3v) is 7.61. The van der Waals surface area contributed by atoms with Crippen molar-refractivity contribution < 1.29 is 42.1 Å². The van der Waals surface area contributed by atoms with E-state index in [2.05, 4.69) is 83.1 Å².